The van der Waals surface area contributed by atoms with Crippen LogP contribution >= 0.6 is 0 Å². The minimum absolute atomic E-state index is 0.106. The number of carbonyl (C=O) groups is 1. The highest BCUT2D eigenvalue weighted by atomic mass is 16.5. The van der Waals surface area contributed by atoms with E-state index in [0.717, 1.165) is 32.5 Å². The molecule has 3 nitrogen and oxygen atoms in total. The van der Waals surface area contributed by atoms with Crippen molar-refractivity contribution < 1.29 is 9.53 Å². The predicted molar refractivity (Wildman–Crippen MR) is 77.2 cm³/mol. The zero-order valence-corrected chi connectivity index (χ0v) is 12.8. The zero-order chi connectivity index (χ0) is 13.9. The third kappa shape index (κ3) is 4.03. The lowest BCUT2D eigenvalue weighted by molar-refractivity contribution is -0.135. The fourth-order valence-electron chi connectivity index (χ4n) is 3.52. The van der Waals surface area contributed by atoms with Gasteiger partial charge in [-0.15, -0.1) is 0 Å². The molecule has 0 spiro atoms. The van der Waals surface area contributed by atoms with Gasteiger partial charge in [-0.1, -0.05) is 20.3 Å². The Hall–Kier alpha value is -0.410. The third-order valence-corrected chi connectivity index (χ3v) is 4.71. The Labute approximate surface area is 117 Å². The fourth-order valence-corrected chi connectivity index (χ4v) is 3.52. The van der Waals surface area contributed by atoms with Gasteiger partial charge < -0.3 is 9.64 Å². The van der Waals surface area contributed by atoms with E-state index < -0.39 is 0 Å². The summed E-state index contributed by atoms with van der Waals surface area (Å²) < 4.78 is 5.78. The van der Waals surface area contributed by atoms with Crippen molar-refractivity contribution in [3.63, 3.8) is 0 Å². The van der Waals surface area contributed by atoms with Gasteiger partial charge in [-0.2, -0.15) is 0 Å². The van der Waals surface area contributed by atoms with E-state index in [9.17, 15) is 4.79 Å². The van der Waals surface area contributed by atoms with Crippen LogP contribution in [0.1, 0.15) is 52.4 Å². The molecule has 0 radical (unpaired) electrons. The second-order valence-corrected chi connectivity index (χ2v) is 7.05. The Morgan fingerprint density at radius 1 is 1.21 bits per heavy atom. The normalized spacial score (nSPS) is 31.7. The summed E-state index contributed by atoms with van der Waals surface area (Å²) in [7, 11) is 2.13. The maximum absolute atomic E-state index is 12.4. The van der Waals surface area contributed by atoms with Gasteiger partial charge in [0.2, 0.25) is 0 Å². The van der Waals surface area contributed by atoms with Crippen molar-refractivity contribution in [3.8, 4) is 0 Å². The Morgan fingerprint density at radius 2 is 2.00 bits per heavy atom. The summed E-state index contributed by atoms with van der Waals surface area (Å²) in [6, 6.07) is 0. The van der Waals surface area contributed by atoms with Gasteiger partial charge in [0.25, 0.3) is 0 Å². The highest BCUT2D eigenvalue weighted by Gasteiger charge is 2.37. The van der Waals surface area contributed by atoms with E-state index in [1.807, 2.05) is 0 Å². The first-order valence-electron chi connectivity index (χ1n) is 7.83. The van der Waals surface area contributed by atoms with E-state index in [4.69, 9.17) is 4.74 Å². The number of ketones is 1. The molecule has 0 aromatic rings. The first kappa shape index (κ1) is 15.0. The van der Waals surface area contributed by atoms with Gasteiger partial charge >= 0.3 is 0 Å². The molecule has 1 saturated heterocycles. The fraction of sp³-hybridized carbons (Fsp3) is 0.938. The molecule has 3 heteroatoms. The van der Waals surface area contributed by atoms with Gasteiger partial charge in [0, 0.05) is 31.0 Å². The Morgan fingerprint density at radius 3 is 2.68 bits per heavy atom. The Kier molecular flexibility index (Phi) is 5.02. The monoisotopic (exact) mass is 267 g/mol. The highest BCUT2D eigenvalue weighted by molar-refractivity contribution is 5.87. The molecule has 1 saturated carbocycles. The lowest BCUT2D eigenvalue weighted by Crippen LogP contribution is -2.43. The molecule has 2 atom stereocenters. The van der Waals surface area contributed by atoms with Crippen molar-refractivity contribution in [2.75, 3.05) is 26.7 Å². The average Bonchev–Trinajstić information content (AvgIpc) is 2.36. The van der Waals surface area contributed by atoms with E-state index >= 15 is 0 Å². The summed E-state index contributed by atoms with van der Waals surface area (Å²) in [5, 5.41) is 0. The number of ether oxygens (including phenoxy) is 1. The van der Waals surface area contributed by atoms with E-state index in [-0.39, 0.29) is 11.3 Å². The van der Waals surface area contributed by atoms with Crippen molar-refractivity contribution in [2.45, 2.75) is 58.5 Å². The van der Waals surface area contributed by atoms with Crippen molar-refractivity contribution in [3.05, 3.63) is 0 Å². The maximum atomic E-state index is 12.4. The van der Waals surface area contributed by atoms with Crippen molar-refractivity contribution in [2.24, 2.45) is 11.3 Å². The van der Waals surface area contributed by atoms with Crippen molar-refractivity contribution >= 4 is 5.78 Å². The standard InChI is InChI=1S/C16H29NO2/c1-16(2)9-6-7-13(15(16)18)11-17(3)12-14-8-4-5-10-19-14/h13-14H,4-12H2,1-3H3. The quantitative estimate of drug-likeness (QED) is 0.784. The maximum Gasteiger partial charge on any atom is 0.142 e. The summed E-state index contributed by atoms with van der Waals surface area (Å²) in [4.78, 5) is 14.7. The number of carbonyl (C=O) groups excluding carboxylic acids is 1. The van der Waals surface area contributed by atoms with Crippen molar-refractivity contribution in [1.82, 2.24) is 4.90 Å². The van der Waals surface area contributed by atoms with E-state index in [2.05, 4.69) is 25.8 Å². The molecule has 19 heavy (non-hydrogen) atoms. The molecule has 110 valence electrons. The van der Waals surface area contributed by atoms with Crippen LogP contribution in [0.4, 0.5) is 0 Å². The lowest BCUT2D eigenvalue weighted by Gasteiger charge is -2.36. The molecule has 0 amide bonds. The lowest BCUT2D eigenvalue weighted by atomic mass is 9.71. The van der Waals surface area contributed by atoms with E-state index in [0.29, 0.717) is 11.9 Å². The van der Waals surface area contributed by atoms with Crippen LogP contribution in [0.15, 0.2) is 0 Å². The molecule has 0 bridgehead atoms. The van der Waals surface area contributed by atoms with Gasteiger partial charge in [0.1, 0.15) is 5.78 Å². The molecule has 1 aliphatic carbocycles. The number of hydrogen-bond donors (Lipinski definition) is 0. The number of rotatable bonds is 4. The van der Waals surface area contributed by atoms with Crippen LogP contribution in [0, 0.1) is 11.3 Å². The largest absolute Gasteiger partial charge is 0.377 e. The molecule has 2 unspecified atom stereocenters. The Balaban J connectivity index is 1.80. The van der Waals surface area contributed by atoms with Gasteiger partial charge in [-0.05, 0) is 39.2 Å². The molecule has 2 rings (SSSR count). The number of nitrogens with zero attached hydrogens (tertiary/aromatic N) is 1. The second kappa shape index (κ2) is 6.36. The van der Waals surface area contributed by atoms with Crippen LogP contribution in [-0.2, 0) is 9.53 Å². The van der Waals surface area contributed by atoms with Gasteiger partial charge in [-0.3, -0.25) is 4.79 Å². The zero-order valence-electron chi connectivity index (χ0n) is 12.8. The molecule has 2 aliphatic rings. The molecule has 1 heterocycles. The number of Topliss-reactive ketones (excluding diaryl/α,β-unsaturated/α-hetero) is 1. The molecular weight excluding hydrogens is 238 g/mol. The summed E-state index contributed by atoms with van der Waals surface area (Å²) in [6.07, 6.45) is 7.36. The molecule has 0 N–H and O–H groups in total. The van der Waals surface area contributed by atoms with Gasteiger partial charge in [-0.25, -0.2) is 0 Å². The van der Waals surface area contributed by atoms with E-state index in [1.54, 1.807) is 0 Å². The van der Waals surface area contributed by atoms with Gasteiger partial charge in [0.15, 0.2) is 0 Å². The highest BCUT2D eigenvalue weighted by Crippen LogP contribution is 2.35. The molecule has 0 aromatic carbocycles. The number of hydrogen-bond acceptors (Lipinski definition) is 3. The minimum Gasteiger partial charge on any atom is -0.377 e. The molecule has 2 fully saturated rings. The first-order chi connectivity index (χ1) is 8.99. The SMILES string of the molecule is CN(CC1CCCCO1)CC1CCCC(C)(C)C1=O. The predicted octanol–water partition coefficient (Wildman–Crippen LogP) is 2.88. The third-order valence-electron chi connectivity index (χ3n) is 4.71. The summed E-state index contributed by atoms with van der Waals surface area (Å²) >= 11 is 0. The topological polar surface area (TPSA) is 29.5 Å². The first-order valence-corrected chi connectivity index (χ1v) is 7.83. The van der Waals surface area contributed by atoms with Crippen LogP contribution in [0.3, 0.4) is 0 Å². The molecule has 0 aromatic heterocycles. The average molecular weight is 267 g/mol. The van der Waals surface area contributed by atoms with Crippen LogP contribution < -0.4 is 0 Å². The smallest absolute Gasteiger partial charge is 0.142 e. The van der Waals surface area contributed by atoms with Crippen molar-refractivity contribution in [1.29, 1.82) is 0 Å². The molecule has 1 aliphatic heterocycles. The molecular formula is C16H29NO2. The minimum atomic E-state index is -0.106. The summed E-state index contributed by atoms with van der Waals surface area (Å²) in [5.74, 6) is 0.701. The van der Waals surface area contributed by atoms with Crippen LogP contribution in [0.2, 0.25) is 0 Å². The van der Waals surface area contributed by atoms with E-state index in [1.165, 1.54) is 25.7 Å². The second-order valence-electron chi connectivity index (χ2n) is 7.05. The Bertz CT molecular complexity index is 308. The summed E-state index contributed by atoms with van der Waals surface area (Å²) in [5.41, 5.74) is -0.106. The van der Waals surface area contributed by atoms with Gasteiger partial charge in [0.05, 0.1) is 6.10 Å². The van der Waals surface area contributed by atoms with Crippen LogP contribution in [0.25, 0.3) is 0 Å². The van der Waals surface area contributed by atoms with Crippen LogP contribution in [-0.4, -0.2) is 43.5 Å². The number of likely N-dealkylation sites (N-methyl/N-ethyl adjacent to an activating group) is 1. The van der Waals surface area contributed by atoms with Crippen LogP contribution in [0.5, 0.6) is 0 Å². The summed E-state index contributed by atoms with van der Waals surface area (Å²) in [6.45, 7) is 7.00.